The average Bonchev–Trinajstić information content (AvgIpc) is 3.76. The van der Waals surface area contributed by atoms with Gasteiger partial charge in [0.15, 0.2) is 17.3 Å². The molecule has 7 rings (SSSR count). The molecule has 0 saturated carbocycles. The number of para-hydroxylation sites is 1. The van der Waals surface area contributed by atoms with E-state index in [1.54, 1.807) is 25.1 Å². The number of alkyl halides is 3. The molecule has 9 nitrogen and oxygen atoms in total. The lowest BCUT2D eigenvalue weighted by atomic mass is 9.88. The monoisotopic (exact) mass is 658 g/mol. The van der Waals surface area contributed by atoms with E-state index in [9.17, 15) is 22.7 Å². The second-order valence-electron chi connectivity index (χ2n) is 12.1. The van der Waals surface area contributed by atoms with E-state index in [4.69, 9.17) is 21.1 Å². The van der Waals surface area contributed by atoms with Gasteiger partial charge in [0.25, 0.3) is 5.79 Å². The molecular formula is C32H31ClF4N6O3. The average molecular weight is 659 g/mol. The number of H-pyrrole nitrogens is 1. The van der Waals surface area contributed by atoms with Crippen LogP contribution < -0.4 is 14.4 Å². The summed E-state index contributed by atoms with van der Waals surface area (Å²) in [5, 5.41) is 16.2. The van der Waals surface area contributed by atoms with Gasteiger partial charge in [0.1, 0.15) is 5.82 Å². The van der Waals surface area contributed by atoms with Crippen LogP contribution in [0.15, 0.2) is 48.7 Å². The quantitative estimate of drug-likeness (QED) is 0.234. The largest absolute Gasteiger partial charge is 0.451 e. The van der Waals surface area contributed by atoms with Crippen LogP contribution in [0.4, 0.5) is 23.2 Å². The molecule has 0 amide bonds. The minimum Gasteiger partial charge on any atom is -0.444 e. The molecule has 0 aliphatic carbocycles. The van der Waals surface area contributed by atoms with Gasteiger partial charge in [0.05, 0.1) is 23.0 Å². The molecule has 0 unspecified atom stereocenters. The molecule has 0 spiro atoms. The highest BCUT2D eigenvalue weighted by molar-refractivity contribution is 6.30. The molecule has 2 aromatic heterocycles. The molecule has 3 aliphatic heterocycles. The fraction of sp³-hybridized carbons (Fsp3) is 0.406. The van der Waals surface area contributed by atoms with Crippen LogP contribution in [-0.4, -0.2) is 62.5 Å². The molecule has 0 bridgehead atoms. The fourth-order valence-corrected chi connectivity index (χ4v) is 6.69. The van der Waals surface area contributed by atoms with Gasteiger partial charge in [-0.2, -0.15) is 18.3 Å². The van der Waals surface area contributed by atoms with Gasteiger partial charge in [-0.05, 0) is 68.6 Å². The van der Waals surface area contributed by atoms with Crippen LogP contribution in [0.1, 0.15) is 54.7 Å². The summed E-state index contributed by atoms with van der Waals surface area (Å²) in [7, 11) is 0. The summed E-state index contributed by atoms with van der Waals surface area (Å²) in [4.78, 5) is 12.6. The molecule has 2 atom stereocenters. The number of hydrogen-bond donors (Lipinski definition) is 2. The lowest BCUT2D eigenvalue weighted by Gasteiger charge is -2.33. The summed E-state index contributed by atoms with van der Waals surface area (Å²) in [5.41, 5.74) is 3.14. The maximum absolute atomic E-state index is 14.8. The molecule has 2 N–H and O–H groups in total. The predicted molar refractivity (Wildman–Crippen MR) is 161 cm³/mol. The summed E-state index contributed by atoms with van der Waals surface area (Å²) < 4.78 is 66.7. The van der Waals surface area contributed by atoms with E-state index in [0.717, 1.165) is 42.9 Å². The van der Waals surface area contributed by atoms with Crippen molar-refractivity contribution < 1.29 is 32.1 Å². The number of hydrogen-bond acceptors (Lipinski definition) is 8. The Morgan fingerprint density at radius 3 is 2.59 bits per heavy atom. The van der Waals surface area contributed by atoms with E-state index in [-0.39, 0.29) is 17.3 Å². The highest BCUT2D eigenvalue weighted by atomic mass is 35.5. The molecule has 0 radical (unpaired) electrons. The zero-order valence-electron chi connectivity index (χ0n) is 24.8. The van der Waals surface area contributed by atoms with Crippen LogP contribution in [0.25, 0.3) is 11.4 Å². The van der Waals surface area contributed by atoms with Crippen LogP contribution >= 0.6 is 11.6 Å². The molecule has 2 aromatic carbocycles. The number of benzene rings is 2. The second kappa shape index (κ2) is 11.7. The molecule has 14 heteroatoms. The van der Waals surface area contributed by atoms with Crippen LogP contribution in [0.2, 0.25) is 5.02 Å². The number of aliphatic hydroxyl groups excluding tert-OH is 1. The summed E-state index contributed by atoms with van der Waals surface area (Å²) in [6.07, 6.45) is -1.39. The van der Waals surface area contributed by atoms with Gasteiger partial charge >= 0.3 is 6.18 Å². The zero-order valence-corrected chi connectivity index (χ0v) is 25.6. The number of pyridine rings is 1. The van der Waals surface area contributed by atoms with E-state index in [0.29, 0.717) is 48.1 Å². The topological polar surface area (TPSA) is 99.6 Å². The number of anilines is 1. The summed E-state index contributed by atoms with van der Waals surface area (Å²) >= 11 is 5.96. The van der Waals surface area contributed by atoms with Crippen LogP contribution in [0.5, 0.6) is 11.5 Å². The lowest BCUT2D eigenvalue weighted by molar-refractivity contribution is -0.144. The Kier molecular flexibility index (Phi) is 7.81. The second-order valence-corrected chi connectivity index (χ2v) is 12.5. The normalized spacial score (nSPS) is 22.2. The highest BCUT2D eigenvalue weighted by Gasteiger charge is 2.43. The first-order valence-corrected chi connectivity index (χ1v) is 15.5. The smallest absolute Gasteiger partial charge is 0.444 e. The third kappa shape index (κ3) is 5.87. The first kappa shape index (κ1) is 30.7. The summed E-state index contributed by atoms with van der Waals surface area (Å²) in [6, 6.07) is 11.9. The maximum atomic E-state index is 14.8. The number of nitrogens with zero attached hydrogens (tertiary/aromatic N) is 5. The molecule has 242 valence electrons. The number of rotatable bonds is 6. The molecule has 4 aromatic rings. The molecule has 2 saturated heterocycles. The molecular weight excluding hydrogens is 628 g/mol. The Labute approximate surface area is 267 Å². The van der Waals surface area contributed by atoms with Gasteiger partial charge in [0, 0.05) is 48.9 Å². The Morgan fingerprint density at radius 1 is 1.09 bits per heavy atom. The SMILES string of the molecule is C[C@@]1(c2ccc(Cl)cc2F)Oc2cccc(C3CCN(Cc4ncc(-c5n[nH]c(C(F)(F)F)n5)cc4N4CC[C@@H](O)C4)CC3)c2O1. The molecule has 5 heterocycles. The van der Waals surface area contributed by atoms with Crippen molar-refractivity contribution in [1.29, 1.82) is 0 Å². The van der Waals surface area contributed by atoms with E-state index < -0.39 is 29.7 Å². The number of piperidine rings is 1. The highest BCUT2D eigenvalue weighted by Crippen LogP contribution is 2.50. The van der Waals surface area contributed by atoms with Crippen LogP contribution in [-0.2, 0) is 18.5 Å². The van der Waals surface area contributed by atoms with Gasteiger partial charge in [0.2, 0.25) is 5.82 Å². The number of aromatic amines is 1. The van der Waals surface area contributed by atoms with E-state index in [2.05, 4.69) is 20.0 Å². The summed E-state index contributed by atoms with van der Waals surface area (Å²) in [5.74, 6) is -1.73. The Balaban J connectivity index is 1.07. The zero-order chi connectivity index (χ0) is 32.2. The number of likely N-dealkylation sites (tertiary alicyclic amines) is 1. The lowest BCUT2D eigenvalue weighted by Crippen LogP contribution is -2.34. The first-order chi connectivity index (χ1) is 22.0. The maximum Gasteiger partial charge on any atom is 0.451 e. The Hall–Kier alpha value is -3.94. The molecule has 3 aliphatic rings. The van der Waals surface area contributed by atoms with Crippen LogP contribution in [0, 0.1) is 5.82 Å². The minimum absolute atomic E-state index is 0.0929. The Bertz CT molecular complexity index is 1760. The van der Waals surface area contributed by atoms with Gasteiger partial charge in [-0.25, -0.2) is 9.37 Å². The molecule has 2 fully saturated rings. The van der Waals surface area contributed by atoms with Crippen LogP contribution in [0.3, 0.4) is 0 Å². The number of halogens is 5. The minimum atomic E-state index is -4.64. The van der Waals surface area contributed by atoms with Gasteiger partial charge in [-0.15, -0.1) is 0 Å². The number of β-amino-alcohol motifs (C(OH)–C–C–N with tert-alkyl or cyclic N) is 1. The number of aromatic nitrogens is 4. The Morgan fingerprint density at radius 2 is 1.89 bits per heavy atom. The van der Waals surface area contributed by atoms with Crippen molar-refractivity contribution in [2.75, 3.05) is 31.1 Å². The fourth-order valence-electron chi connectivity index (χ4n) is 6.53. The standard InChI is InChI=1S/C32H31ClF4N6O3/c1-31(23-6-5-20(33)14-24(23)34)45-27-4-2-3-22(28(27)46-31)18-7-10-42(11-8-18)17-25-26(43-12-9-21(44)16-43)13-19(15-38-25)29-39-30(41-40-29)32(35,36)37/h2-6,13-15,18,21,44H,7-12,16-17H2,1H3,(H,39,40,41)/t21-,31-/m1/s1. The van der Waals surface area contributed by atoms with Gasteiger partial charge in [-0.3, -0.25) is 15.0 Å². The van der Waals surface area contributed by atoms with Gasteiger partial charge < -0.3 is 19.5 Å². The van der Waals surface area contributed by atoms with Crippen molar-refractivity contribution >= 4 is 17.3 Å². The van der Waals surface area contributed by atoms with E-state index in [1.165, 1.54) is 12.3 Å². The van der Waals surface area contributed by atoms with Crippen molar-refractivity contribution in [2.45, 2.75) is 56.7 Å². The number of aliphatic hydroxyl groups is 1. The first-order valence-electron chi connectivity index (χ1n) is 15.1. The molecule has 46 heavy (non-hydrogen) atoms. The van der Waals surface area contributed by atoms with Crippen molar-refractivity contribution in [1.82, 2.24) is 25.1 Å². The summed E-state index contributed by atoms with van der Waals surface area (Å²) in [6.45, 7) is 4.75. The van der Waals surface area contributed by atoms with E-state index in [1.807, 2.05) is 28.2 Å². The van der Waals surface area contributed by atoms with Crippen molar-refractivity contribution in [3.8, 4) is 22.9 Å². The number of fused-ring (bicyclic) bond motifs is 1. The number of nitrogens with one attached hydrogen (secondary N) is 1. The predicted octanol–water partition coefficient (Wildman–Crippen LogP) is 6.27. The van der Waals surface area contributed by atoms with Crippen molar-refractivity contribution in [3.05, 3.63) is 82.1 Å². The van der Waals surface area contributed by atoms with Crippen molar-refractivity contribution in [2.24, 2.45) is 0 Å². The van der Waals surface area contributed by atoms with Gasteiger partial charge in [-0.1, -0.05) is 23.7 Å². The number of ether oxygens (including phenoxy) is 2. The van der Waals surface area contributed by atoms with Crippen molar-refractivity contribution in [3.63, 3.8) is 0 Å². The third-order valence-corrected chi connectivity index (χ3v) is 9.13. The van der Waals surface area contributed by atoms with E-state index >= 15 is 0 Å². The third-order valence-electron chi connectivity index (χ3n) is 8.90.